The van der Waals surface area contributed by atoms with E-state index in [1.807, 2.05) is 18.2 Å². The fraction of sp³-hybridized carbons (Fsp3) is 0.471. The third-order valence-corrected chi connectivity index (χ3v) is 4.40. The third kappa shape index (κ3) is 2.45. The lowest BCUT2D eigenvalue weighted by Gasteiger charge is -2.22. The van der Waals surface area contributed by atoms with Gasteiger partial charge in [-0.3, -0.25) is 0 Å². The van der Waals surface area contributed by atoms with Crippen LogP contribution in [0, 0.1) is 5.92 Å². The van der Waals surface area contributed by atoms with Crippen molar-refractivity contribution >= 4 is 16.9 Å². The second-order valence-electron chi connectivity index (χ2n) is 5.70. The fourth-order valence-corrected chi connectivity index (χ4v) is 3.32. The molecule has 1 aromatic heterocycles. The Bertz CT molecular complexity index is 608. The van der Waals surface area contributed by atoms with Crippen molar-refractivity contribution in [3.63, 3.8) is 0 Å². The molecule has 3 heteroatoms. The second-order valence-corrected chi connectivity index (χ2v) is 5.70. The number of benzene rings is 1. The Balaban J connectivity index is 1.91. The zero-order chi connectivity index (χ0) is 13.9. The summed E-state index contributed by atoms with van der Waals surface area (Å²) in [5, 5.41) is 0.996. The van der Waals surface area contributed by atoms with Crippen LogP contribution >= 0.6 is 0 Å². The Hall–Kier alpha value is -1.77. The largest absolute Gasteiger partial charge is 0.465 e. The van der Waals surface area contributed by atoms with Gasteiger partial charge in [-0.25, -0.2) is 4.79 Å². The van der Waals surface area contributed by atoms with Crippen molar-refractivity contribution in [1.82, 2.24) is 4.57 Å². The quantitative estimate of drug-likeness (QED) is 0.790. The number of aromatic nitrogens is 1. The molecule has 0 atom stereocenters. The standard InChI is InChI=1S/C17H21NO2/c1-20-17(19)15-8-5-9-16-14(15)10-11-18(16)12-13-6-3-2-4-7-13/h5,8-11,13H,2-4,6-7,12H2,1H3. The second kappa shape index (κ2) is 5.70. The van der Waals surface area contributed by atoms with Crippen molar-refractivity contribution in [2.24, 2.45) is 5.92 Å². The van der Waals surface area contributed by atoms with Gasteiger partial charge in [0.25, 0.3) is 0 Å². The monoisotopic (exact) mass is 271 g/mol. The summed E-state index contributed by atoms with van der Waals surface area (Å²) in [6, 6.07) is 7.89. The molecule has 106 valence electrons. The van der Waals surface area contributed by atoms with Gasteiger partial charge in [0.2, 0.25) is 0 Å². The van der Waals surface area contributed by atoms with E-state index in [2.05, 4.69) is 16.8 Å². The van der Waals surface area contributed by atoms with Crippen molar-refractivity contribution in [1.29, 1.82) is 0 Å². The van der Waals surface area contributed by atoms with Gasteiger partial charge in [-0.05, 0) is 37.0 Å². The molecule has 0 N–H and O–H groups in total. The molecule has 2 aromatic rings. The third-order valence-electron chi connectivity index (χ3n) is 4.40. The van der Waals surface area contributed by atoms with Gasteiger partial charge in [-0.1, -0.05) is 25.3 Å². The Kier molecular flexibility index (Phi) is 3.77. The number of hydrogen-bond donors (Lipinski definition) is 0. The first-order valence-electron chi connectivity index (χ1n) is 7.46. The number of esters is 1. The highest BCUT2D eigenvalue weighted by molar-refractivity contribution is 6.03. The molecule has 0 saturated heterocycles. The first-order valence-corrected chi connectivity index (χ1v) is 7.46. The van der Waals surface area contributed by atoms with Crippen LogP contribution < -0.4 is 0 Å². The van der Waals surface area contributed by atoms with Crippen LogP contribution in [0.2, 0.25) is 0 Å². The van der Waals surface area contributed by atoms with Crippen molar-refractivity contribution in [2.75, 3.05) is 7.11 Å². The van der Waals surface area contributed by atoms with E-state index in [-0.39, 0.29) is 5.97 Å². The zero-order valence-corrected chi connectivity index (χ0v) is 12.0. The van der Waals surface area contributed by atoms with Crippen LogP contribution in [0.4, 0.5) is 0 Å². The predicted octanol–water partition coefficient (Wildman–Crippen LogP) is 4.01. The van der Waals surface area contributed by atoms with Gasteiger partial charge in [0.15, 0.2) is 0 Å². The van der Waals surface area contributed by atoms with E-state index >= 15 is 0 Å². The number of ether oxygens (including phenoxy) is 1. The summed E-state index contributed by atoms with van der Waals surface area (Å²) in [6.45, 7) is 1.06. The molecule has 3 rings (SSSR count). The number of hydrogen-bond acceptors (Lipinski definition) is 2. The normalized spacial score (nSPS) is 16.4. The minimum absolute atomic E-state index is 0.258. The van der Waals surface area contributed by atoms with Gasteiger partial charge in [0.05, 0.1) is 12.7 Å². The van der Waals surface area contributed by atoms with E-state index in [9.17, 15) is 4.79 Å². The summed E-state index contributed by atoms with van der Waals surface area (Å²) in [5.74, 6) is 0.521. The molecule has 0 amide bonds. The summed E-state index contributed by atoms with van der Waals surface area (Å²) < 4.78 is 7.14. The topological polar surface area (TPSA) is 31.2 Å². The smallest absolute Gasteiger partial charge is 0.338 e. The average Bonchev–Trinajstić information content (AvgIpc) is 2.91. The highest BCUT2D eigenvalue weighted by Crippen LogP contribution is 2.28. The van der Waals surface area contributed by atoms with E-state index in [4.69, 9.17) is 4.74 Å². The molecule has 0 bridgehead atoms. The highest BCUT2D eigenvalue weighted by Gasteiger charge is 2.16. The molecule has 1 aromatic carbocycles. The van der Waals surface area contributed by atoms with E-state index in [1.165, 1.54) is 39.2 Å². The molecule has 0 unspecified atom stereocenters. The minimum Gasteiger partial charge on any atom is -0.465 e. The van der Waals surface area contributed by atoms with Crippen molar-refractivity contribution < 1.29 is 9.53 Å². The van der Waals surface area contributed by atoms with Crippen molar-refractivity contribution in [3.05, 3.63) is 36.0 Å². The lowest BCUT2D eigenvalue weighted by atomic mass is 9.89. The molecule has 1 fully saturated rings. The lowest BCUT2D eigenvalue weighted by molar-refractivity contribution is 0.0603. The number of nitrogens with zero attached hydrogens (tertiary/aromatic N) is 1. The molecule has 0 radical (unpaired) electrons. The summed E-state index contributed by atoms with van der Waals surface area (Å²) >= 11 is 0. The van der Waals surface area contributed by atoms with Gasteiger partial charge < -0.3 is 9.30 Å². The van der Waals surface area contributed by atoms with Crippen LogP contribution in [-0.2, 0) is 11.3 Å². The van der Waals surface area contributed by atoms with Crippen molar-refractivity contribution in [2.45, 2.75) is 38.6 Å². The molecule has 1 heterocycles. The SMILES string of the molecule is COC(=O)c1cccc2c1ccn2CC1CCCCC1. The van der Waals surface area contributed by atoms with Crippen LogP contribution in [0.1, 0.15) is 42.5 Å². The maximum Gasteiger partial charge on any atom is 0.338 e. The van der Waals surface area contributed by atoms with Crippen LogP contribution in [-0.4, -0.2) is 17.6 Å². The van der Waals surface area contributed by atoms with Crippen LogP contribution in [0.5, 0.6) is 0 Å². The molecule has 1 saturated carbocycles. The first-order chi connectivity index (χ1) is 9.79. The molecule has 1 aliphatic rings. The maximum absolute atomic E-state index is 11.8. The summed E-state index contributed by atoms with van der Waals surface area (Å²) in [4.78, 5) is 11.8. The molecule has 3 nitrogen and oxygen atoms in total. The Labute approximate surface area is 119 Å². The first kappa shape index (κ1) is 13.2. The minimum atomic E-state index is -0.258. The molecule has 0 aliphatic heterocycles. The van der Waals surface area contributed by atoms with Crippen LogP contribution in [0.3, 0.4) is 0 Å². The van der Waals surface area contributed by atoms with Crippen LogP contribution in [0.25, 0.3) is 10.9 Å². The number of methoxy groups -OCH3 is 1. The van der Waals surface area contributed by atoms with Gasteiger partial charge in [0, 0.05) is 23.6 Å². The average molecular weight is 271 g/mol. The van der Waals surface area contributed by atoms with Gasteiger partial charge in [-0.2, -0.15) is 0 Å². The van der Waals surface area contributed by atoms with Crippen LogP contribution in [0.15, 0.2) is 30.5 Å². The molecule has 0 spiro atoms. The zero-order valence-electron chi connectivity index (χ0n) is 12.0. The summed E-state index contributed by atoms with van der Waals surface area (Å²) in [6.07, 6.45) is 8.86. The Morgan fingerprint density at radius 2 is 2.05 bits per heavy atom. The van der Waals surface area contributed by atoms with Gasteiger partial charge in [-0.15, -0.1) is 0 Å². The fourth-order valence-electron chi connectivity index (χ4n) is 3.32. The molecule has 20 heavy (non-hydrogen) atoms. The number of carbonyl (C=O) groups excluding carboxylic acids is 1. The lowest BCUT2D eigenvalue weighted by Crippen LogP contribution is -2.13. The summed E-state index contributed by atoms with van der Waals surface area (Å²) in [5.41, 5.74) is 1.80. The van der Waals surface area contributed by atoms with Gasteiger partial charge >= 0.3 is 5.97 Å². The Morgan fingerprint density at radius 3 is 2.80 bits per heavy atom. The van der Waals surface area contributed by atoms with E-state index in [0.29, 0.717) is 5.56 Å². The van der Waals surface area contributed by atoms with E-state index in [0.717, 1.165) is 23.4 Å². The number of carbonyl (C=O) groups is 1. The van der Waals surface area contributed by atoms with Crippen molar-refractivity contribution in [3.8, 4) is 0 Å². The van der Waals surface area contributed by atoms with E-state index in [1.54, 1.807) is 0 Å². The molecular formula is C17H21NO2. The highest BCUT2D eigenvalue weighted by atomic mass is 16.5. The number of fused-ring (bicyclic) bond motifs is 1. The maximum atomic E-state index is 11.8. The Morgan fingerprint density at radius 1 is 1.25 bits per heavy atom. The molecule has 1 aliphatic carbocycles. The predicted molar refractivity (Wildman–Crippen MR) is 79.9 cm³/mol. The molecular weight excluding hydrogens is 250 g/mol. The summed E-state index contributed by atoms with van der Waals surface area (Å²) in [7, 11) is 1.43. The van der Waals surface area contributed by atoms with E-state index < -0.39 is 0 Å². The van der Waals surface area contributed by atoms with Gasteiger partial charge in [0.1, 0.15) is 0 Å². The number of rotatable bonds is 3.